The molecular formula is C31H26FN5O4S. The van der Waals surface area contributed by atoms with Gasteiger partial charge in [0, 0.05) is 29.4 Å². The number of H-pyrrole nitrogens is 2. The summed E-state index contributed by atoms with van der Waals surface area (Å²) in [7, 11) is -3.95. The second kappa shape index (κ2) is 12.2. The first kappa shape index (κ1) is 28.4. The normalized spacial score (nSPS) is 11.2. The average molecular weight is 584 g/mol. The number of carbonyl (C=O) groups is 1. The van der Waals surface area contributed by atoms with Gasteiger partial charge in [-0.1, -0.05) is 17.9 Å². The van der Waals surface area contributed by atoms with Crippen molar-refractivity contribution in [2.24, 2.45) is 0 Å². The molecule has 0 aliphatic heterocycles. The summed E-state index contributed by atoms with van der Waals surface area (Å²) in [5, 5.41) is 9.85. The van der Waals surface area contributed by atoms with Crippen LogP contribution in [0, 0.1) is 24.6 Å². The number of nitrogens with zero attached hydrogens (tertiary/aromatic N) is 2. The average Bonchev–Trinajstić information content (AvgIpc) is 3.48. The standard InChI is InChI=1S/C31H26FN5O4S/c1-20-36-28-15-22(7-12-27(28)31(39)37-20)19-42(40,41)29-13-9-25(30(38)33-14-2-3-23-17-34-35-18-23)16-24(29)8-4-21-5-10-26(32)11-6-21/h5-7,9-13,15-18H,2-3,14,19H2,1H3,(H,33,38)(H,34,35)(H,36,37,39). The van der Waals surface area contributed by atoms with Gasteiger partial charge in [-0.25, -0.2) is 17.8 Å². The maximum Gasteiger partial charge on any atom is 0.258 e. The number of nitrogens with one attached hydrogen (secondary N) is 3. The fourth-order valence-corrected chi connectivity index (χ4v) is 5.91. The lowest BCUT2D eigenvalue weighted by atomic mass is 10.1. The van der Waals surface area contributed by atoms with E-state index in [9.17, 15) is 22.4 Å². The quantitative estimate of drug-likeness (QED) is 0.188. The third kappa shape index (κ3) is 6.79. The van der Waals surface area contributed by atoms with Crippen molar-refractivity contribution in [1.29, 1.82) is 0 Å². The van der Waals surface area contributed by atoms with Crippen molar-refractivity contribution >= 4 is 26.6 Å². The van der Waals surface area contributed by atoms with E-state index in [0.29, 0.717) is 40.8 Å². The molecule has 0 saturated carbocycles. The number of rotatable bonds is 8. The van der Waals surface area contributed by atoms with E-state index in [2.05, 4.69) is 37.3 Å². The molecule has 0 unspecified atom stereocenters. The fourth-order valence-electron chi connectivity index (χ4n) is 4.41. The number of benzene rings is 3. The van der Waals surface area contributed by atoms with E-state index < -0.39 is 15.7 Å². The van der Waals surface area contributed by atoms with Crippen molar-refractivity contribution in [1.82, 2.24) is 25.5 Å². The molecular weight excluding hydrogens is 557 g/mol. The van der Waals surface area contributed by atoms with Crippen LogP contribution in [0.15, 0.2) is 82.7 Å². The smallest absolute Gasteiger partial charge is 0.258 e. The van der Waals surface area contributed by atoms with Gasteiger partial charge in [0.2, 0.25) is 0 Å². The molecule has 0 atom stereocenters. The number of aryl methyl sites for hydroxylation is 2. The molecule has 212 valence electrons. The fraction of sp³-hybridized carbons (Fsp3) is 0.161. The zero-order valence-electron chi connectivity index (χ0n) is 22.6. The maximum atomic E-state index is 13.6. The van der Waals surface area contributed by atoms with E-state index in [1.807, 2.05) is 0 Å². The van der Waals surface area contributed by atoms with Crippen molar-refractivity contribution in [3.8, 4) is 11.8 Å². The molecule has 2 aromatic heterocycles. The third-order valence-corrected chi connectivity index (χ3v) is 8.23. The highest BCUT2D eigenvalue weighted by Gasteiger charge is 2.21. The Morgan fingerprint density at radius 2 is 1.83 bits per heavy atom. The predicted octanol–water partition coefficient (Wildman–Crippen LogP) is 3.83. The van der Waals surface area contributed by atoms with Crippen molar-refractivity contribution in [3.05, 3.63) is 123 Å². The lowest BCUT2D eigenvalue weighted by Crippen LogP contribution is -2.25. The van der Waals surface area contributed by atoms with Gasteiger partial charge >= 0.3 is 0 Å². The summed E-state index contributed by atoms with van der Waals surface area (Å²) < 4.78 is 40.6. The van der Waals surface area contributed by atoms with Crippen LogP contribution in [0.5, 0.6) is 0 Å². The zero-order chi connectivity index (χ0) is 29.7. The molecule has 11 heteroatoms. The van der Waals surface area contributed by atoms with Crippen LogP contribution in [0.25, 0.3) is 10.9 Å². The molecule has 0 aliphatic carbocycles. The van der Waals surface area contributed by atoms with Crippen LogP contribution in [-0.4, -0.2) is 41.0 Å². The summed E-state index contributed by atoms with van der Waals surface area (Å²) in [4.78, 5) is 32.0. The topological polar surface area (TPSA) is 138 Å². The lowest BCUT2D eigenvalue weighted by molar-refractivity contribution is 0.0953. The summed E-state index contributed by atoms with van der Waals surface area (Å²) in [5.41, 5.74) is 2.43. The molecule has 0 aliphatic rings. The molecule has 3 N–H and O–H groups in total. The Kier molecular flexibility index (Phi) is 8.26. The first-order valence-electron chi connectivity index (χ1n) is 13.1. The molecule has 3 aromatic carbocycles. The highest BCUT2D eigenvalue weighted by molar-refractivity contribution is 7.90. The molecule has 5 aromatic rings. The number of sulfone groups is 1. The van der Waals surface area contributed by atoms with E-state index in [1.165, 1.54) is 42.5 Å². The van der Waals surface area contributed by atoms with Gasteiger partial charge in [-0.15, -0.1) is 0 Å². The van der Waals surface area contributed by atoms with E-state index in [1.54, 1.807) is 37.5 Å². The van der Waals surface area contributed by atoms with Crippen LogP contribution in [0.2, 0.25) is 0 Å². The Morgan fingerprint density at radius 3 is 2.60 bits per heavy atom. The van der Waals surface area contributed by atoms with Crippen LogP contribution in [0.1, 0.15) is 44.9 Å². The lowest BCUT2D eigenvalue weighted by Gasteiger charge is -2.11. The van der Waals surface area contributed by atoms with Gasteiger partial charge < -0.3 is 10.3 Å². The molecule has 42 heavy (non-hydrogen) atoms. The molecule has 0 bridgehead atoms. The van der Waals surface area contributed by atoms with E-state index in [0.717, 1.165) is 12.0 Å². The van der Waals surface area contributed by atoms with Crippen molar-refractivity contribution in [2.75, 3.05) is 6.54 Å². The second-order valence-electron chi connectivity index (χ2n) is 9.70. The van der Waals surface area contributed by atoms with Crippen LogP contribution >= 0.6 is 0 Å². The zero-order valence-corrected chi connectivity index (χ0v) is 23.4. The van der Waals surface area contributed by atoms with Gasteiger partial charge in [0.05, 0.1) is 27.7 Å². The minimum absolute atomic E-state index is 0.0521. The Balaban J connectivity index is 1.43. The Morgan fingerprint density at radius 1 is 1.02 bits per heavy atom. The molecule has 2 heterocycles. The number of hydrogen-bond donors (Lipinski definition) is 3. The molecule has 9 nitrogen and oxygen atoms in total. The third-order valence-electron chi connectivity index (χ3n) is 6.49. The SMILES string of the molecule is Cc1nc2cc(CS(=O)(=O)c3ccc(C(=O)NCCCc4cn[nH]c4)cc3C#Cc3ccc(F)cc3)ccc2c(=O)[nH]1. The van der Waals surface area contributed by atoms with Crippen LogP contribution < -0.4 is 10.9 Å². The Labute approximate surface area is 241 Å². The number of aromatic nitrogens is 4. The van der Waals surface area contributed by atoms with Gasteiger partial charge in [-0.05, 0) is 85.5 Å². The molecule has 0 spiro atoms. The first-order valence-corrected chi connectivity index (χ1v) is 14.7. The van der Waals surface area contributed by atoms with Gasteiger partial charge in [-0.3, -0.25) is 14.7 Å². The van der Waals surface area contributed by atoms with Crippen LogP contribution in [0.3, 0.4) is 0 Å². The largest absolute Gasteiger partial charge is 0.352 e. The molecule has 0 radical (unpaired) electrons. The molecule has 5 rings (SSSR count). The summed E-state index contributed by atoms with van der Waals surface area (Å²) in [6.07, 6.45) is 4.95. The van der Waals surface area contributed by atoms with Crippen molar-refractivity contribution < 1.29 is 17.6 Å². The highest BCUT2D eigenvalue weighted by Crippen LogP contribution is 2.23. The summed E-state index contributed by atoms with van der Waals surface area (Å²) in [6.45, 7) is 2.06. The number of fused-ring (bicyclic) bond motifs is 1. The van der Waals surface area contributed by atoms with Gasteiger partial charge in [0.25, 0.3) is 11.5 Å². The molecule has 0 fully saturated rings. The number of amides is 1. The van der Waals surface area contributed by atoms with Gasteiger partial charge in [-0.2, -0.15) is 5.10 Å². The number of hydrogen-bond acceptors (Lipinski definition) is 6. The number of carbonyl (C=O) groups excluding carboxylic acids is 1. The van der Waals surface area contributed by atoms with Gasteiger partial charge in [0.15, 0.2) is 9.84 Å². The summed E-state index contributed by atoms with van der Waals surface area (Å²) in [6, 6.07) is 14.4. The van der Waals surface area contributed by atoms with E-state index >= 15 is 0 Å². The predicted molar refractivity (Wildman–Crippen MR) is 156 cm³/mol. The monoisotopic (exact) mass is 583 g/mol. The van der Waals surface area contributed by atoms with E-state index in [4.69, 9.17) is 0 Å². The number of halogens is 1. The Bertz CT molecular complexity index is 1990. The Hall–Kier alpha value is -5.08. The molecule has 0 saturated heterocycles. The minimum Gasteiger partial charge on any atom is -0.352 e. The van der Waals surface area contributed by atoms with Crippen molar-refractivity contribution in [3.63, 3.8) is 0 Å². The summed E-state index contributed by atoms with van der Waals surface area (Å²) >= 11 is 0. The van der Waals surface area contributed by atoms with Crippen LogP contribution in [0.4, 0.5) is 4.39 Å². The van der Waals surface area contributed by atoms with Crippen LogP contribution in [-0.2, 0) is 22.0 Å². The number of aromatic amines is 2. The van der Waals surface area contributed by atoms with E-state index in [-0.39, 0.29) is 33.2 Å². The first-order chi connectivity index (χ1) is 20.2. The summed E-state index contributed by atoms with van der Waals surface area (Å²) in [5.74, 6) is 4.99. The minimum atomic E-state index is -3.95. The maximum absolute atomic E-state index is 13.6. The second-order valence-corrected chi connectivity index (χ2v) is 11.7. The molecule has 1 amide bonds. The van der Waals surface area contributed by atoms with Gasteiger partial charge in [0.1, 0.15) is 11.6 Å². The highest BCUT2D eigenvalue weighted by atomic mass is 32.2. The van der Waals surface area contributed by atoms with Crippen molar-refractivity contribution in [2.45, 2.75) is 30.4 Å².